The van der Waals surface area contributed by atoms with E-state index in [1.165, 1.54) is 212 Å². The minimum absolute atomic E-state index is 0.00421. The molecule has 1 amide bonds. The van der Waals surface area contributed by atoms with Crippen molar-refractivity contribution in [2.24, 2.45) is 0 Å². The zero-order valence-corrected chi connectivity index (χ0v) is 41.6. The van der Waals surface area contributed by atoms with E-state index < -0.39 is 12.1 Å². The highest BCUT2D eigenvalue weighted by atomic mass is 16.5. The predicted molar refractivity (Wildman–Crippen MR) is 269 cm³/mol. The highest BCUT2D eigenvalue weighted by molar-refractivity contribution is 5.76. The first-order chi connectivity index (χ1) is 30.5. The van der Waals surface area contributed by atoms with Crippen LogP contribution in [0, 0.1) is 0 Å². The summed E-state index contributed by atoms with van der Waals surface area (Å²) in [6, 6.07) is -0.636. The SMILES string of the molecule is CCCCCCCCCCCCC/C=C/C(O)C(CO)NC(=O)CCCCCCC/C=C\CCCCCCCCCCCOC(=O)CCCCCCCCCCCCCCCC. The van der Waals surface area contributed by atoms with Crippen LogP contribution in [0.25, 0.3) is 0 Å². The minimum atomic E-state index is -0.851. The molecule has 0 aliphatic rings. The molecule has 0 spiro atoms. The van der Waals surface area contributed by atoms with Crippen molar-refractivity contribution < 1.29 is 24.5 Å². The first-order valence-corrected chi connectivity index (χ1v) is 27.6. The van der Waals surface area contributed by atoms with Gasteiger partial charge in [0.05, 0.1) is 25.4 Å². The standard InChI is InChI=1S/C56H107NO5/c1-3-5-7-9-11-13-15-17-26-30-34-38-42-46-50-56(61)62-51-47-43-39-35-31-27-23-21-19-18-20-22-25-29-33-37-41-45-49-55(60)57-53(52-58)54(59)48-44-40-36-32-28-24-16-14-12-10-8-6-4-2/h20,22,44,48,53-54,58-59H,3-19,21,23-43,45-47,49-52H2,1-2H3,(H,57,60)/b22-20-,48-44+. The number of hydrogen-bond acceptors (Lipinski definition) is 5. The number of ether oxygens (including phenoxy) is 1. The number of rotatable bonds is 51. The lowest BCUT2D eigenvalue weighted by molar-refractivity contribution is -0.143. The van der Waals surface area contributed by atoms with Crippen LogP contribution >= 0.6 is 0 Å². The molecule has 6 heteroatoms. The maximum atomic E-state index is 12.4. The van der Waals surface area contributed by atoms with Crippen LogP contribution in [0.5, 0.6) is 0 Å². The summed E-state index contributed by atoms with van der Waals surface area (Å²) in [5.41, 5.74) is 0. The molecule has 0 aliphatic heterocycles. The second-order valence-corrected chi connectivity index (χ2v) is 18.9. The van der Waals surface area contributed by atoms with Gasteiger partial charge in [-0.15, -0.1) is 0 Å². The predicted octanol–water partition coefficient (Wildman–Crippen LogP) is 16.7. The van der Waals surface area contributed by atoms with Gasteiger partial charge in [-0.3, -0.25) is 9.59 Å². The van der Waals surface area contributed by atoms with E-state index in [-0.39, 0.29) is 18.5 Å². The highest BCUT2D eigenvalue weighted by Gasteiger charge is 2.18. The quantitative estimate of drug-likeness (QED) is 0.0321. The number of amides is 1. The van der Waals surface area contributed by atoms with Gasteiger partial charge in [0, 0.05) is 12.8 Å². The molecule has 0 heterocycles. The number of hydrogen-bond donors (Lipinski definition) is 3. The third-order valence-corrected chi connectivity index (χ3v) is 12.7. The minimum Gasteiger partial charge on any atom is -0.466 e. The summed E-state index contributed by atoms with van der Waals surface area (Å²) in [7, 11) is 0. The molecular formula is C56H107NO5. The van der Waals surface area contributed by atoms with Crippen LogP contribution in [0.2, 0.25) is 0 Å². The molecule has 3 N–H and O–H groups in total. The number of esters is 1. The smallest absolute Gasteiger partial charge is 0.305 e. The van der Waals surface area contributed by atoms with Crippen LogP contribution in [0.1, 0.15) is 296 Å². The second kappa shape index (κ2) is 52.0. The van der Waals surface area contributed by atoms with Crippen molar-refractivity contribution in [3.05, 3.63) is 24.3 Å². The molecule has 0 aromatic carbocycles. The van der Waals surface area contributed by atoms with E-state index in [2.05, 4.69) is 31.3 Å². The monoisotopic (exact) mass is 874 g/mol. The van der Waals surface area contributed by atoms with Crippen molar-refractivity contribution in [2.45, 2.75) is 309 Å². The van der Waals surface area contributed by atoms with Crippen molar-refractivity contribution in [1.29, 1.82) is 0 Å². The van der Waals surface area contributed by atoms with Gasteiger partial charge >= 0.3 is 5.97 Å². The normalized spacial score (nSPS) is 12.8. The van der Waals surface area contributed by atoms with E-state index in [0.29, 0.717) is 19.4 Å². The summed E-state index contributed by atoms with van der Waals surface area (Å²) >= 11 is 0. The largest absolute Gasteiger partial charge is 0.466 e. The van der Waals surface area contributed by atoms with Gasteiger partial charge in [-0.1, -0.05) is 250 Å². The Balaban J connectivity index is 3.46. The molecule has 0 fully saturated rings. The van der Waals surface area contributed by atoms with Gasteiger partial charge in [0.15, 0.2) is 0 Å². The number of carbonyl (C=O) groups excluding carboxylic acids is 2. The first kappa shape index (κ1) is 60.3. The van der Waals surface area contributed by atoms with Crippen LogP contribution in [0.15, 0.2) is 24.3 Å². The lowest BCUT2D eigenvalue weighted by atomic mass is 10.0. The van der Waals surface area contributed by atoms with Crippen LogP contribution in [-0.2, 0) is 14.3 Å². The zero-order valence-electron chi connectivity index (χ0n) is 41.6. The molecule has 0 aromatic rings. The van der Waals surface area contributed by atoms with Gasteiger partial charge in [-0.05, 0) is 57.8 Å². The molecular weight excluding hydrogens is 767 g/mol. The Labute approximate surface area is 386 Å². The number of aliphatic hydroxyl groups is 2. The number of carbonyl (C=O) groups is 2. The van der Waals surface area contributed by atoms with Gasteiger partial charge in [0.1, 0.15) is 0 Å². The third kappa shape index (κ3) is 47.8. The maximum absolute atomic E-state index is 12.4. The van der Waals surface area contributed by atoms with Crippen molar-refractivity contribution in [1.82, 2.24) is 5.32 Å². The van der Waals surface area contributed by atoms with Crippen molar-refractivity contribution in [2.75, 3.05) is 13.2 Å². The van der Waals surface area contributed by atoms with Gasteiger partial charge in [0.25, 0.3) is 0 Å². The Morgan fingerprint density at radius 3 is 1.15 bits per heavy atom. The fourth-order valence-electron chi connectivity index (χ4n) is 8.45. The number of nitrogens with one attached hydrogen (secondary N) is 1. The Morgan fingerprint density at radius 1 is 0.435 bits per heavy atom. The second-order valence-electron chi connectivity index (χ2n) is 18.9. The van der Waals surface area contributed by atoms with Crippen LogP contribution < -0.4 is 5.32 Å². The maximum Gasteiger partial charge on any atom is 0.305 e. The zero-order chi connectivity index (χ0) is 45.1. The van der Waals surface area contributed by atoms with Gasteiger partial charge in [-0.2, -0.15) is 0 Å². The van der Waals surface area contributed by atoms with E-state index in [1.54, 1.807) is 6.08 Å². The molecule has 2 unspecified atom stereocenters. The summed E-state index contributed by atoms with van der Waals surface area (Å²) in [6.07, 6.45) is 61.9. The fraction of sp³-hybridized carbons (Fsp3) is 0.893. The number of unbranched alkanes of at least 4 members (excludes halogenated alkanes) is 38. The van der Waals surface area contributed by atoms with E-state index in [9.17, 15) is 19.8 Å². The topological polar surface area (TPSA) is 95.9 Å². The summed E-state index contributed by atoms with van der Waals surface area (Å²) in [6.45, 7) is 4.89. The molecule has 0 aliphatic carbocycles. The average molecular weight is 874 g/mol. The van der Waals surface area contributed by atoms with Crippen LogP contribution in [-0.4, -0.2) is 47.4 Å². The molecule has 0 bridgehead atoms. The van der Waals surface area contributed by atoms with Gasteiger partial charge in [-0.25, -0.2) is 0 Å². The molecule has 0 radical (unpaired) electrons. The molecule has 2 atom stereocenters. The summed E-state index contributed by atoms with van der Waals surface area (Å²) in [5.74, 6) is -0.0780. The Bertz CT molecular complexity index is 966. The third-order valence-electron chi connectivity index (χ3n) is 12.7. The van der Waals surface area contributed by atoms with Gasteiger partial charge in [0.2, 0.25) is 5.91 Å². The van der Waals surface area contributed by atoms with Gasteiger partial charge < -0.3 is 20.3 Å². The lowest BCUT2D eigenvalue weighted by Crippen LogP contribution is -2.45. The molecule has 0 saturated heterocycles. The molecule has 366 valence electrons. The van der Waals surface area contributed by atoms with E-state index in [0.717, 1.165) is 57.8 Å². The van der Waals surface area contributed by atoms with Crippen LogP contribution in [0.3, 0.4) is 0 Å². The summed E-state index contributed by atoms with van der Waals surface area (Å²) in [4.78, 5) is 24.4. The number of allylic oxidation sites excluding steroid dienone is 3. The molecule has 0 rings (SSSR count). The number of aliphatic hydroxyl groups excluding tert-OH is 2. The lowest BCUT2D eigenvalue weighted by Gasteiger charge is -2.20. The summed E-state index contributed by atoms with van der Waals surface area (Å²) in [5, 5.41) is 23.0. The average Bonchev–Trinajstić information content (AvgIpc) is 3.27. The van der Waals surface area contributed by atoms with E-state index in [4.69, 9.17) is 4.74 Å². The summed E-state index contributed by atoms with van der Waals surface area (Å²) < 4.78 is 5.47. The van der Waals surface area contributed by atoms with Crippen molar-refractivity contribution in [3.8, 4) is 0 Å². The molecule has 6 nitrogen and oxygen atoms in total. The van der Waals surface area contributed by atoms with E-state index in [1.807, 2.05) is 6.08 Å². The Hall–Kier alpha value is -1.66. The molecule has 0 aromatic heterocycles. The van der Waals surface area contributed by atoms with Crippen molar-refractivity contribution >= 4 is 11.9 Å². The Morgan fingerprint density at radius 2 is 0.758 bits per heavy atom. The highest BCUT2D eigenvalue weighted by Crippen LogP contribution is 2.16. The first-order valence-electron chi connectivity index (χ1n) is 27.6. The Kier molecular flexibility index (Phi) is 50.6. The van der Waals surface area contributed by atoms with Crippen LogP contribution in [0.4, 0.5) is 0 Å². The molecule has 0 saturated carbocycles. The molecule has 62 heavy (non-hydrogen) atoms. The van der Waals surface area contributed by atoms with Crippen molar-refractivity contribution in [3.63, 3.8) is 0 Å². The van der Waals surface area contributed by atoms with E-state index >= 15 is 0 Å². The fourth-order valence-corrected chi connectivity index (χ4v) is 8.45.